The molecule has 80 valence electrons. The summed E-state index contributed by atoms with van der Waals surface area (Å²) in [7, 11) is 2.05. The molecule has 1 atom stereocenters. The summed E-state index contributed by atoms with van der Waals surface area (Å²) in [5.74, 6) is 0. The Morgan fingerprint density at radius 1 is 1.23 bits per heavy atom. The van der Waals surface area contributed by atoms with E-state index in [0.29, 0.717) is 5.41 Å². The highest BCUT2D eigenvalue weighted by Gasteiger charge is 2.23. The third-order valence-electron chi connectivity index (χ3n) is 2.64. The molecule has 0 bridgehead atoms. The van der Waals surface area contributed by atoms with Gasteiger partial charge in [-0.3, -0.25) is 0 Å². The van der Waals surface area contributed by atoms with Crippen molar-refractivity contribution in [3.63, 3.8) is 0 Å². The van der Waals surface area contributed by atoms with Gasteiger partial charge >= 0.3 is 0 Å². The first-order chi connectivity index (χ1) is 6.27. The Morgan fingerprint density at radius 2 is 1.92 bits per heavy atom. The van der Waals surface area contributed by atoms with Crippen LogP contribution in [0.15, 0.2) is 0 Å². The van der Waals surface area contributed by atoms with Crippen LogP contribution >= 0.6 is 0 Å². The molecule has 1 fully saturated rings. The Bertz CT molecular complexity index is 105. The van der Waals surface area contributed by atoms with Gasteiger partial charge in [0.05, 0.1) is 0 Å². The monoisotopic (exact) mass is 186 g/mol. The van der Waals surface area contributed by atoms with E-state index in [4.69, 9.17) is 0 Å². The zero-order chi connectivity index (χ0) is 10.2. The Labute approximate surface area is 83.5 Å². The fourth-order valence-electron chi connectivity index (χ4n) is 1.88. The highest BCUT2D eigenvalue weighted by Crippen LogP contribution is 2.27. The lowest BCUT2D eigenvalue weighted by Crippen LogP contribution is -2.30. The van der Waals surface area contributed by atoms with Crippen molar-refractivity contribution in [3.05, 3.63) is 0 Å². The van der Waals surface area contributed by atoms with Crippen molar-refractivity contribution in [1.29, 1.82) is 0 Å². The average Bonchev–Trinajstić information content (AvgIpc) is 2.34. The summed E-state index contributed by atoms with van der Waals surface area (Å²) in [6.45, 7) is 9.95. The molecule has 2 nitrogen and oxygen atoms in total. The number of hydrogen-bond acceptors (Lipinski definition) is 2. The van der Waals surface area contributed by atoms with Gasteiger partial charge in [-0.1, -0.05) is 20.8 Å². The van der Waals surface area contributed by atoms with Gasteiger partial charge in [0, 0.05) is 6.54 Å². The minimum Gasteiger partial charge on any atom is -0.319 e. The van der Waals surface area contributed by atoms with Gasteiger partial charge in [0.25, 0.3) is 0 Å². The summed E-state index contributed by atoms with van der Waals surface area (Å²) in [5, 5.41) is 6.71. The van der Waals surface area contributed by atoms with E-state index in [-0.39, 0.29) is 0 Å². The van der Waals surface area contributed by atoms with E-state index in [1.165, 1.54) is 32.4 Å². The maximum Gasteiger partial charge on any atom is 0.000264 e. The summed E-state index contributed by atoms with van der Waals surface area (Å²) in [6.07, 6.45) is 4.01. The zero-order valence-corrected chi connectivity index (χ0v) is 9.74. The molecular formula is C11H26N2. The highest BCUT2D eigenvalue weighted by atomic mass is 14.9. The molecule has 13 heavy (non-hydrogen) atoms. The van der Waals surface area contributed by atoms with Crippen molar-refractivity contribution in [2.24, 2.45) is 5.41 Å². The van der Waals surface area contributed by atoms with Gasteiger partial charge in [0.2, 0.25) is 0 Å². The number of hydrogen-bond donors (Lipinski definition) is 2. The van der Waals surface area contributed by atoms with E-state index in [1.807, 2.05) is 20.9 Å². The summed E-state index contributed by atoms with van der Waals surface area (Å²) < 4.78 is 0. The topological polar surface area (TPSA) is 24.1 Å². The average molecular weight is 186 g/mol. The van der Waals surface area contributed by atoms with Crippen molar-refractivity contribution in [1.82, 2.24) is 10.6 Å². The Hall–Kier alpha value is -0.0800. The van der Waals surface area contributed by atoms with Crippen molar-refractivity contribution in [3.8, 4) is 0 Å². The molecule has 1 unspecified atom stereocenters. The maximum absolute atomic E-state index is 3.43. The normalized spacial score (nSPS) is 28.6. The summed E-state index contributed by atoms with van der Waals surface area (Å²) in [4.78, 5) is 0. The summed E-state index contributed by atoms with van der Waals surface area (Å²) in [5.41, 5.74) is 0.540. The van der Waals surface area contributed by atoms with Crippen LogP contribution in [0.5, 0.6) is 0 Å². The molecule has 1 aliphatic rings. The molecule has 1 saturated heterocycles. The summed E-state index contributed by atoms with van der Waals surface area (Å²) in [6, 6.07) is 0. The third-order valence-corrected chi connectivity index (χ3v) is 2.64. The van der Waals surface area contributed by atoms with Crippen LogP contribution in [0.2, 0.25) is 0 Å². The summed E-state index contributed by atoms with van der Waals surface area (Å²) >= 11 is 0. The molecule has 0 spiro atoms. The van der Waals surface area contributed by atoms with Gasteiger partial charge in [0.1, 0.15) is 0 Å². The molecule has 0 aliphatic carbocycles. The second-order valence-corrected chi connectivity index (χ2v) is 3.94. The number of rotatable bonds is 2. The van der Waals surface area contributed by atoms with Gasteiger partial charge in [-0.15, -0.1) is 0 Å². The minimum absolute atomic E-state index is 0.540. The third kappa shape index (κ3) is 5.27. The second kappa shape index (κ2) is 7.34. The molecule has 2 heteroatoms. The predicted molar refractivity (Wildman–Crippen MR) is 60.1 cm³/mol. The van der Waals surface area contributed by atoms with Gasteiger partial charge in [-0.05, 0) is 44.8 Å². The van der Waals surface area contributed by atoms with Crippen LogP contribution in [-0.2, 0) is 0 Å². The van der Waals surface area contributed by atoms with Gasteiger partial charge < -0.3 is 10.6 Å². The molecule has 2 N–H and O–H groups in total. The van der Waals surface area contributed by atoms with E-state index in [1.54, 1.807) is 0 Å². The lowest BCUT2D eigenvalue weighted by molar-refractivity contribution is 0.278. The number of nitrogens with one attached hydrogen (secondary N) is 2. The van der Waals surface area contributed by atoms with E-state index in [0.717, 1.165) is 6.54 Å². The lowest BCUT2D eigenvalue weighted by Gasteiger charge is -2.27. The standard InChI is InChI=1S/C9H20N2.C2H6/c1-9(8-10-2)4-3-6-11-7-5-9;1-2/h10-11H,3-8H2,1-2H3;1-2H3. The Kier molecular flexibility index (Phi) is 7.29. The van der Waals surface area contributed by atoms with Gasteiger partial charge in [-0.25, -0.2) is 0 Å². The first-order valence-corrected chi connectivity index (χ1v) is 5.62. The molecular weight excluding hydrogens is 160 g/mol. The van der Waals surface area contributed by atoms with Crippen molar-refractivity contribution < 1.29 is 0 Å². The molecule has 1 rings (SSSR count). The van der Waals surface area contributed by atoms with Gasteiger partial charge in [0.15, 0.2) is 0 Å². The first kappa shape index (κ1) is 12.9. The SMILES string of the molecule is CC.CNCC1(C)CCCNCC1. The van der Waals surface area contributed by atoms with E-state index in [9.17, 15) is 0 Å². The fraction of sp³-hybridized carbons (Fsp3) is 1.00. The van der Waals surface area contributed by atoms with Crippen LogP contribution in [0.25, 0.3) is 0 Å². The Morgan fingerprint density at radius 3 is 2.54 bits per heavy atom. The second-order valence-electron chi connectivity index (χ2n) is 3.94. The van der Waals surface area contributed by atoms with Crippen LogP contribution in [0, 0.1) is 5.41 Å². The zero-order valence-electron chi connectivity index (χ0n) is 9.74. The largest absolute Gasteiger partial charge is 0.319 e. The maximum atomic E-state index is 3.43. The fourth-order valence-corrected chi connectivity index (χ4v) is 1.88. The van der Waals surface area contributed by atoms with E-state index < -0.39 is 0 Å². The van der Waals surface area contributed by atoms with Crippen LogP contribution in [0.3, 0.4) is 0 Å². The van der Waals surface area contributed by atoms with Crippen LogP contribution < -0.4 is 10.6 Å². The molecule has 0 aromatic heterocycles. The van der Waals surface area contributed by atoms with Crippen LogP contribution in [0.4, 0.5) is 0 Å². The first-order valence-electron chi connectivity index (χ1n) is 5.62. The Balaban J connectivity index is 0.000000671. The van der Waals surface area contributed by atoms with Crippen LogP contribution in [-0.4, -0.2) is 26.7 Å². The highest BCUT2D eigenvalue weighted by molar-refractivity contribution is 4.79. The molecule has 0 amide bonds. The van der Waals surface area contributed by atoms with Crippen molar-refractivity contribution >= 4 is 0 Å². The molecule has 1 heterocycles. The lowest BCUT2D eigenvalue weighted by atomic mass is 9.83. The molecule has 1 aliphatic heterocycles. The molecule has 0 aromatic rings. The molecule has 0 aromatic carbocycles. The quantitative estimate of drug-likeness (QED) is 0.689. The van der Waals surface area contributed by atoms with Gasteiger partial charge in [-0.2, -0.15) is 0 Å². The minimum atomic E-state index is 0.540. The van der Waals surface area contributed by atoms with Crippen LogP contribution in [0.1, 0.15) is 40.0 Å². The van der Waals surface area contributed by atoms with Crippen molar-refractivity contribution in [2.75, 3.05) is 26.7 Å². The van der Waals surface area contributed by atoms with Crippen molar-refractivity contribution in [2.45, 2.75) is 40.0 Å². The predicted octanol–water partition coefficient (Wildman–Crippen LogP) is 2.01. The smallest absolute Gasteiger partial charge is 0.000264 e. The van der Waals surface area contributed by atoms with E-state index in [2.05, 4.69) is 17.6 Å². The van der Waals surface area contributed by atoms with E-state index >= 15 is 0 Å². The molecule has 0 saturated carbocycles. The molecule has 0 radical (unpaired) electrons.